The fourth-order valence-corrected chi connectivity index (χ4v) is 2.64. The number of nitrogens with zero attached hydrogens (tertiary/aromatic N) is 2. The Morgan fingerprint density at radius 3 is 2.56 bits per heavy atom. The molecule has 3 nitrogen and oxygen atoms in total. The van der Waals surface area contributed by atoms with E-state index in [1.54, 1.807) is 17.0 Å². The third-order valence-electron chi connectivity index (χ3n) is 3.28. The van der Waals surface area contributed by atoms with Gasteiger partial charge in [0.2, 0.25) is 0 Å². The summed E-state index contributed by atoms with van der Waals surface area (Å²) in [5.41, 5.74) is 0.141. The molecule has 1 heterocycles. The molecule has 0 spiro atoms. The molecule has 0 bridgehead atoms. The van der Waals surface area contributed by atoms with Gasteiger partial charge in [0.05, 0.1) is 5.56 Å². The number of piperazine rings is 1. The normalized spacial score (nSPS) is 16.9. The van der Waals surface area contributed by atoms with Crippen molar-refractivity contribution in [1.29, 1.82) is 0 Å². The van der Waals surface area contributed by atoms with Crippen molar-refractivity contribution in [3.8, 4) is 0 Å². The minimum Gasteiger partial charge on any atom is -0.336 e. The quantitative estimate of drug-likeness (QED) is 0.836. The van der Waals surface area contributed by atoms with Gasteiger partial charge in [0.25, 0.3) is 5.91 Å². The molecule has 1 aromatic rings. The second kappa shape index (κ2) is 5.80. The monoisotopic (exact) mass is 314 g/mol. The van der Waals surface area contributed by atoms with Gasteiger partial charge in [-0.15, -0.1) is 0 Å². The fourth-order valence-electron chi connectivity index (χ4n) is 2.13. The molecule has 1 fully saturated rings. The van der Waals surface area contributed by atoms with Crippen molar-refractivity contribution < 1.29 is 9.18 Å². The molecule has 0 N–H and O–H groups in total. The van der Waals surface area contributed by atoms with Crippen molar-refractivity contribution in [2.24, 2.45) is 0 Å². The minimum absolute atomic E-state index is 0.141. The van der Waals surface area contributed by atoms with Crippen LogP contribution in [0.2, 0.25) is 0 Å². The Hall–Kier alpha value is -0.940. The second-order valence-electron chi connectivity index (χ2n) is 4.32. The van der Waals surface area contributed by atoms with Gasteiger partial charge in [0, 0.05) is 30.7 Å². The van der Waals surface area contributed by atoms with Gasteiger partial charge in [0.15, 0.2) is 0 Å². The molecule has 0 unspecified atom stereocenters. The van der Waals surface area contributed by atoms with Gasteiger partial charge in [0.1, 0.15) is 5.82 Å². The first kappa shape index (κ1) is 13.5. The molecule has 1 amide bonds. The maximum atomic E-state index is 13.7. The highest BCUT2D eigenvalue weighted by Crippen LogP contribution is 2.22. The predicted molar refractivity (Wildman–Crippen MR) is 72.1 cm³/mol. The zero-order valence-electron chi connectivity index (χ0n) is 10.3. The summed E-state index contributed by atoms with van der Waals surface area (Å²) in [6.45, 7) is 6.12. The van der Waals surface area contributed by atoms with Crippen LogP contribution in [0.5, 0.6) is 0 Å². The number of halogens is 2. The standard InChI is InChI=1S/C13H16BrFN2O/c1-2-16-6-8-17(9-7-16)13(18)12-10(14)4-3-5-11(12)15/h3-5H,2,6-9H2,1H3. The molecule has 2 rings (SSSR count). The van der Waals surface area contributed by atoms with Gasteiger partial charge >= 0.3 is 0 Å². The lowest BCUT2D eigenvalue weighted by Crippen LogP contribution is -2.48. The molecule has 18 heavy (non-hydrogen) atoms. The molecule has 0 radical (unpaired) electrons. The first-order valence-electron chi connectivity index (χ1n) is 6.09. The van der Waals surface area contributed by atoms with E-state index in [2.05, 4.69) is 27.8 Å². The lowest BCUT2D eigenvalue weighted by Gasteiger charge is -2.34. The van der Waals surface area contributed by atoms with Crippen LogP contribution in [-0.4, -0.2) is 48.4 Å². The van der Waals surface area contributed by atoms with Gasteiger partial charge in [-0.3, -0.25) is 4.79 Å². The molecule has 1 aromatic carbocycles. The SMILES string of the molecule is CCN1CCN(C(=O)c2c(F)cccc2Br)CC1. The van der Waals surface area contributed by atoms with E-state index in [0.717, 1.165) is 19.6 Å². The molecule has 0 aromatic heterocycles. The Bertz CT molecular complexity index is 424. The van der Waals surface area contributed by atoms with E-state index in [9.17, 15) is 9.18 Å². The zero-order valence-corrected chi connectivity index (χ0v) is 11.9. The summed E-state index contributed by atoms with van der Waals surface area (Å²) in [5.74, 6) is -0.692. The fraction of sp³-hybridized carbons (Fsp3) is 0.462. The number of carbonyl (C=O) groups excluding carboxylic acids is 1. The van der Waals surface area contributed by atoms with E-state index in [1.165, 1.54) is 6.07 Å². The average molecular weight is 315 g/mol. The Kier molecular flexibility index (Phi) is 4.35. The number of amides is 1. The topological polar surface area (TPSA) is 23.6 Å². The highest BCUT2D eigenvalue weighted by molar-refractivity contribution is 9.10. The smallest absolute Gasteiger partial charge is 0.258 e. The maximum Gasteiger partial charge on any atom is 0.258 e. The summed E-state index contributed by atoms with van der Waals surface area (Å²) in [6.07, 6.45) is 0. The number of likely N-dealkylation sites (N-methyl/N-ethyl adjacent to an activating group) is 1. The number of benzene rings is 1. The lowest BCUT2D eigenvalue weighted by atomic mass is 10.1. The summed E-state index contributed by atoms with van der Waals surface area (Å²) >= 11 is 3.24. The van der Waals surface area contributed by atoms with E-state index in [4.69, 9.17) is 0 Å². The Labute approximate surface area is 115 Å². The molecule has 1 aliphatic heterocycles. The first-order chi connectivity index (χ1) is 8.63. The van der Waals surface area contributed by atoms with Gasteiger partial charge in [-0.05, 0) is 34.6 Å². The van der Waals surface area contributed by atoms with E-state index >= 15 is 0 Å². The molecule has 0 saturated carbocycles. The summed E-state index contributed by atoms with van der Waals surface area (Å²) in [6, 6.07) is 4.60. The third kappa shape index (κ3) is 2.72. The van der Waals surface area contributed by atoms with E-state index in [0.29, 0.717) is 17.6 Å². The second-order valence-corrected chi connectivity index (χ2v) is 5.18. The number of hydrogen-bond acceptors (Lipinski definition) is 2. The predicted octanol–water partition coefficient (Wildman–Crippen LogP) is 2.37. The Morgan fingerprint density at radius 2 is 2.00 bits per heavy atom. The number of rotatable bonds is 2. The summed E-state index contributed by atoms with van der Waals surface area (Å²) < 4.78 is 14.2. The number of carbonyl (C=O) groups is 1. The van der Waals surface area contributed by atoms with Crippen LogP contribution in [0.25, 0.3) is 0 Å². The molecule has 98 valence electrons. The van der Waals surface area contributed by atoms with Crippen LogP contribution in [0.3, 0.4) is 0 Å². The van der Waals surface area contributed by atoms with Gasteiger partial charge in [-0.2, -0.15) is 0 Å². The van der Waals surface area contributed by atoms with Crippen molar-refractivity contribution in [3.63, 3.8) is 0 Å². The average Bonchev–Trinajstić information content (AvgIpc) is 2.38. The van der Waals surface area contributed by atoms with Gasteiger partial charge < -0.3 is 9.80 Å². The summed E-state index contributed by atoms with van der Waals surface area (Å²) in [5, 5.41) is 0. The van der Waals surface area contributed by atoms with E-state index in [-0.39, 0.29) is 11.5 Å². The van der Waals surface area contributed by atoms with E-state index < -0.39 is 5.82 Å². The molecule has 1 saturated heterocycles. The molecule has 5 heteroatoms. The first-order valence-corrected chi connectivity index (χ1v) is 6.88. The number of hydrogen-bond donors (Lipinski definition) is 0. The largest absolute Gasteiger partial charge is 0.336 e. The third-order valence-corrected chi connectivity index (χ3v) is 3.94. The van der Waals surface area contributed by atoms with Crippen LogP contribution in [0.4, 0.5) is 4.39 Å². The van der Waals surface area contributed by atoms with Gasteiger partial charge in [-0.25, -0.2) is 4.39 Å². The molecule has 1 aliphatic rings. The van der Waals surface area contributed by atoms with Crippen LogP contribution in [-0.2, 0) is 0 Å². The maximum absolute atomic E-state index is 13.7. The van der Waals surface area contributed by atoms with Crippen molar-refractivity contribution in [2.75, 3.05) is 32.7 Å². The lowest BCUT2D eigenvalue weighted by molar-refractivity contribution is 0.0638. The van der Waals surface area contributed by atoms with Gasteiger partial charge in [-0.1, -0.05) is 13.0 Å². The highest BCUT2D eigenvalue weighted by Gasteiger charge is 2.24. The molecule has 0 aliphatic carbocycles. The Balaban J connectivity index is 2.13. The van der Waals surface area contributed by atoms with Crippen molar-refractivity contribution in [1.82, 2.24) is 9.80 Å². The summed E-state index contributed by atoms with van der Waals surface area (Å²) in [7, 11) is 0. The van der Waals surface area contributed by atoms with E-state index in [1.807, 2.05) is 0 Å². The van der Waals surface area contributed by atoms with Crippen LogP contribution in [0.15, 0.2) is 22.7 Å². The zero-order chi connectivity index (χ0) is 13.1. The van der Waals surface area contributed by atoms with Crippen molar-refractivity contribution in [3.05, 3.63) is 34.1 Å². The molecule has 0 atom stereocenters. The van der Waals surface area contributed by atoms with Crippen molar-refractivity contribution >= 4 is 21.8 Å². The molecular weight excluding hydrogens is 299 g/mol. The highest BCUT2D eigenvalue weighted by atomic mass is 79.9. The van der Waals surface area contributed by atoms with Crippen LogP contribution < -0.4 is 0 Å². The van der Waals surface area contributed by atoms with Crippen molar-refractivity contribution in [2.45, 2.75) is 6.92 Å². The Morgan fingerprint density at radius 1 is 1.33 bits per heavy atom. The summed E-state index contributed by atoms with van der Waals surface area (Å²) in [4.78, 5) is 16.3. The van der Waals surface area contributed by atoms with Crippen LogP contribution in [0.1, 0.15) is 17.3 Å². The minimum atomic E-state index is -0.465. The van der Waals surface area contributed by atoms with Crippen LogP contribution >= 0.6 is 15.9 Å². The van der Waals surface area contributed by atoms with Crippen LogP contribution in [0, 0.1) is 5.82 Å². The molecular formula is C13H16BrFN2O.